The molecule has 1 aliphatic heterocycles. The van der Waals surface area contributed by atoms with Crippen LogP contribution in [0, 0.1) is 17.6 Å². The molecule has 3 aromatic rings. The van der Waals surface area contributed by atoms with E-state index in [2.05, 4.69) is 10.6 Å². The first-order valence-electron chi connectivity index (χ1n) is 14.6. The van der Waals surface area contributed by atoms with Crippen LogP contribution >= 0.6 is 0 Å². The Morgan fingerprint density at radius 1 is 0.977 bits per heavy atom. The quantitative estimate of drug-likeness (QED) is 0.296. The molecule has 5 rings (SSSR count). The molecule has 3 N–H and O–H groups in total. The number of amides is 2. The van der Waals surface area contributed by atoms with Crippen molar-refractivity contribution in [3.8, 4) is 0 Å². The van der Waals surface area contributed by atoms with Crippen molar-refractivity contribution in [1.82, 2.24) is 19.8 Å². The molecule has 2 aliphatic rings. The maximum Gasteiger partial charge on any atom is 0.407 e. The highest BCUT2D eigenvalue weighted by Gasteiger charge is 2.44. The van der Waals surface area contributed by atoms with Crippen molar-refractivity contribution in [2.45, 2.75) is 48.2 Å². The normalized spacial score (nSPS) is 21.0. The predicted octanol–water partition coefficient (Wildman–Crippen LogP) is 4.02. The van der Waals surface area contributed by atoms with Crippen molar-refractivity contribution in [3.63, 3.8) is 0 Å². The van der Waals surface area contributed by atoms with Crippen LogP contribution in [0.2, 0.25) is 0 Å². The minimum atomic E-state index is -3.65. The van der Waals surface area contributed by atoms with Crippen molar-refractivity contribution >= 4 is 22.0 Å². The van der Waals surface area contributed by atoms with E-state index in [4.69, 9.17) is 0 Å². The molecule has 9 nitrogen and oxygen atoms in total. The van der Waals surface area contributed by atoms with Crippen LogP contribution in [0.4, 0.5) is 13.6 Å². The average molecular weight is 627 g/mol. The second-order valence-electron chi connectivity index (χ2n) is 11.4. The minimum Gasteiger partial charge on any atom is -0.465 e. The predicted molar refractivity (Wildman–Crippen MR) is 160 cm³/mol. The summed E-state index contributed by atoms with van der Waals surface area (Å²) in [6.45, 7) is 1.45. The highest BCUT2D eigenvalue weighted by atomic mass is 32.2. The molecule has 0 aromatic heterocycles. The topological polar surface area (TPSA) is 119 Å². The highest BCUT2D eigenvalue weighted by molar-refractivity contribution is 7.89. The van der Waals surface area contributed by atoms with Crippen LogP contribution in [0.15, 0.2) is 83.8 Å². The van der Waals surface area contributed by atoms with E-state index in [-0.39, 0.29) is 22.9 Å². The number of carbonyl (C=O) groups excluding carboxylic acids is 1. The molecule has 2 unspecified atom stereocenters. The van der Waals surface area contributed by atoms with Crippen molar-refractivity contribution in [2.24, 2.45) is 5.92 Å². The van der Waals surface area contributed by atoms with Gasteiger partial charge >= 0.3 is 6.09 Å². The standard InChI is InChI=1S/C32H36F2N4O5S/c1-37(32(40)41)30(29(21-7-12-24(33)13-8-21)22-9-14-25(34)15-10-22)31(39)36-28-19-23(28)11-16-26-20-35-17-18-38(26)44(42,43)27-5-3-2-4-6-27/h2-10,12-15,23,26,28-30,35H,11,16-20H2,1H3,(H,36,39)(H,40,41)/t23?,26-,28?,30+/m0/s1. The second-order valence-corrected chi connectivity index (χ2v) is 13.3. The fourth-order valence-electron chi connectivity index (χ4n) is 6.02. The smallest absolute Gasteiger partial charge is 0.407 e. The molecule has 1 saturated carbocycles. The number of halogens is 2. The molecule has 12 heteroatoms. The number of likely N-dealkylation sites (N-methyl/N-ethyl adjacent to an activating group) is 1. The molecular formula is C32H36F2N4O5S. The van der Waals surface area contributed by atoms with Crippen LogP contribution in [0.5, 0.6) is 0 Å². The van der Waals surface area contributed by atoms with Gasteiger partial charge in [0.05, 0.1) is 4.90 Å². The van der Waals surface area contributed by atoms with E-state index in [1.165, 1.54) is 55.6 Å². The van der Waals surface area contributed by atoms with E-state index in [1.54, 1.807) is 34.6 Å². The number of piperazine rings is 1. The molecule has 1 aliphatic carbocycles. The van der Waals surface area contributed by atoms with Crippen molar-refractivity contribution in [3.05, 3.63) is 102 Å². The third kappa shape index (κ3) is 7.09. The van der Waals surface area contributed by atoms with E-state index in [1.807, 2.05) is 0 Å². The lowest BCUT2D eigenvalue weighted by molar-refractivity contribution is -0.126. The SMILES string of the molecule is CN(C(=O)O)[C@@H](C(=O)NC1CC1CC[C@H]1CNCCN1S(=O)(=O)c1ccccc1)C(c1ccc(F)cc1)c1ccc(F)cc1. The van der Waals surface area contributed by atoms with Crippen LogP contribution in [-0.4, -0.2) is 79.5 Å². The number of rotatable bonds is 11. The van der Waals surface area contributed by atoms with E-state index in [0.29, 0.717) is 50.0 Å². The number of nitrogens with zero attached hydrogens (tertiary/aromatic N) is 2. The van der Waals surface area contributed by atoms with Crippen LogP contribution < -0.4 is 10.6 Å². The van der Waals surface area contributed by atoms with Crippen molar-refractivity contribution in [2.75, 3.05) is 26.7 Å². The molecule has 0 radical (unpaired) electrons. The number of carbonyl (C=O) groups is 2. The molecule has 1 saturated heterocycles. The number of hydrogen-bond acceptors (Lipinski definition) is 5. The summed E-state index contributed by atoms with van der Waals surface area (Å²) in [7, 11) is -2.35. The molecule has 1 heterocycles. The summed E-state index contributed by atoms with van der Waals surface area (Å²) in [6, 6.07) is 17.6. The van der Waals surface area contributed by atoms with E-state index in [0.717, 1.165) is 4.90 Å². The number of sulfonamides is 1. The zero-order valence-corrected chi connectivity index (χ0v) is 25.1. The Kier molecular flexibility index (Phi) is 9.62. The third-order valence-corrected chi connectivity index (χ3v) is 10.5. The highest BCUT2D eigenvalue weighted by Crippen LogP contribution is 2.38. The summed E-state index contributed by atoms with van der Waals surface area (Å²) in [6.07, 6.45) is 0.633. The van der Waals surface area contributed by atoms with Gasteiger partial charge in [0.2, 0.25) is 15.9 Å². The van der Waals surface area contributed by atoms with Gasteiger partial charge in [0, 0.05) is 44.7 Å². The minimum absolute atomic E-state index is 0.105. The lowest BCUT2D eigenvalue weighted by Gasteiger charge is -2.35. The number of benzene rings is 3. The van der Waals surface area contributed by atoms with Crippen molar-refractivity contribution < 1.29 is 31.9 Å². The third-order valence-electron chi connectivity index (χ3n) is 8.53. The van der Waals surface area contributed by atoms with Gasteiger partial charge in [-0.05, 0) is 72.7 Å². The monoisotopic (exact) mass is 626 g/mol. The van der Waals surface area contributed by atoms with Gasteiger partial charge in [-0.15, -0.1) is 0 Å². The van der Waals surface area contributed by atoms with E-state index < -0.39 is 45.6 Å². The zero-order chi connectivity index (χ0) is 31.4. The first-order valence-corrected chi connectivity index (χ1v) is 16.0. The van der Waals surface area contributed by atoms with Gasteiger partial charge < -0.3 is 15.7 Å². The van der Waals surface area contributed by atoms with E-state index >= 15 is 0 Å². The van der Waals surface area contributed by atoms with Gasteiger partial charge in [-0.3, -0.25) is 9.69 Å². The maximum absolute atomic E-state index is 13.8. The van der Waals surface area contributed by atoms with Crippen LogP contribution in [0.3, 0.4) is 0 Å². The first-order chi connectivity index (χ1) is 21.1. The van der Waals surface area contributed by atoms with Gasteiger partial charge in [0.1, 0.15) is 17.7 Å². The molecule has 0 spiro atoms. The number of hydrogen-bond donors (Lipinski definition) is 3. The fourth-order valence-corrected chi connectivity index (χ4v) is 7.69. The largest absolute Gasteiger partial charge is 0.465 e. The Bertz CT molecular complexity index is 1510. The molecule has 2 fully saturated rings. The Labute approximate surface area is 255 Å². The van der Waals surface area contributed by atoms with Gasteiger partial charge in [-0.25, -0.2) is 22.0 Å². The number of nitrogens with one attached hydrogen (secondary N) is 2. The molecule has 234 valence electrons. The molecule has 3 aromatic carbocycles. The van der Waals surface area contributed by atoms with Crippen LogP contribution in [0.25, 0.3) is 0 Å². The Morgan fingerprint density at radius 3 is 2.14 bits per heavy atom. The zero-order valence-electron chi connectivity index (χ0n) is 24.3. The Morgan fingerprint density at radius 2 is 1.57 bits per heavy atom. The van der Waals surface area contributed by atoms with Gasteiger partial charge in [0.25, 0.3) is 0 Å². The van der Waals surface area contributed by atoms with Crippen molar-refractivity contribution in [1.29, 1.82) is 0 Å². The summed E-state index contributed by atoms with van der Waals surface area (Å²) >= 11 is 0. The molecule has 44 heavy (non-hydrogen) atoms. The fraction of sp³-hybridized carbons (Fsp3) is 0.375. The first kappa shape index (κ1) is 31.6. The summed E-state index contributed by atoms with van der Waals surface area (Å²) in [4.78, 5) is 27.1. The summed E-state index contributed by atoms with van der Waals surface area (Å²) in [5.41, 5.74) is 1.01. The molecular weight excluding hydrogens is 590 g/mol. The summed E-state index contributed by atoms with van der Waals surface area (Å²) < 4.78 is 55.8. The Hall–Kier alpha value is -3.87. The number of carboxylic acid groups (broad SMARTS) is 1. The maximum atomic E-state index is 13.8. The van der Waals surface area contributed by atoms with Gasteiger partial charge in [0.15, 0.2) is 0 Å². The summed E-state index contributed by atoms with van der Waals surface area (Å²) in [5, 5.41) is 16.2. The van der Waals surface area contributed by atoms with Crippen LogP contribution in [-0.2, 0) is 14.8 Å². The van der Waals surface area contributed by atoms with Gasteiger partial charge in [-0.1, -0.05) is 42.5 Å². The lowest BCUT2D eigenvalue weighted by Crippen LogP contribution is -2.53. The Balaban J connectivity index is 1.29. The second kappa shape index (κ2) is 13.4. The van der Waals surface area contributed by atoms with Crippen LogP contribution in [0.1, 0.15) is 36.3 Å². The van der Waals surface area contributed by atoms with E-state index in [9.17, 15) is 31.9 Å². The molecule has 0 bridgehead atoms. The lowest BCUT2D eigenvalue weighted by atomic mass is 9.83. The average Bonchev–Trinajstić information content (AvgIpc) is 3.77. The van der Waals surface area contributed by atoms with Gasteiger partial charge in [-0.2, -0.15) is 4.31 Å². The molecule has 4 atom stereocenters. The molecule has 2 amide bonds. The summed E-state index contributed by atoms with van der Waals surface area (Å²) in [5.74, 6) is -2.21.